The Bertz CT molecular complexity index is 672. The van der Waals surface area contributed by atoms with E-state index in [9.17, 15) is 23.1 Å². The fourth-order valence-electron chi connectivity index (χ4n) is 1.82. The number of amides is 1. The van der Waals surface area contributed by atoms with Crippen LogP contribution in [0.3, 0.4) is 0 Å². The van der Waals surface area contributed by atoms with Crippen LogP contribution >= 0.6 is 0 Å². The number of aromatic hydroxyl groups is 1. The molecule has 1 rings (SSSR count). The lowest BCUT2D eigenvalue weighted by molar-refractivity contribution is 0.0995. The average Bonchev–Trinajstić information content (AvgIpc) is 2.14. The Morgan fingerprint density at radius 2 is 1.94 bits per heavy atom. The molecule has 0 aliphatic rings. The van der Waals surface area contributed by atoms with Crippen molar-refractivity contribution in [3.63, 3.8) is 0 Å². The zero-order chi connectivity index (χ0) is 14.2. The van der Waals surface area contributed by atoms with Gasteiger partial charge in [0, 0.05) is 12.8 Å². The smallest absolute Gasteiger partial charge is 0.272 e. The molecule has 7 nitrogen and oxygen atoms in total. The van der Waals surface area contributed by atoms with Crippen LogP contribution in [0.4, 0.5) is 0 Å². The summed E-state index contributed by atoms with van der Waals surface area (Å²) in [6, 6.07) is 0. The number of aromatic nitrogens is 1. The summed E-state index contributed by atoms with van der Waals surface area (Å²) in [5.41, 5.74) is 3.75. The van der Waals surface area contributed by atoms with Crippen molar-refractivity contribution in [1.29, 1.82) is 0 Å². The molecular formula is C10H14N2O5S. The monoisotopic (exact) mass is 274 g/mol. The van der Waals surface area contributed by atoms with Crippen molar-refractivity contribution >= 4 is 15.7 Å². The lowest BCUT2D eigenvalue weighted by atomic mass is 10.1. The SMILES string of the molecule is CCn1c(O)c(C(N)=O)c(C)c(S(C)(=O)=O)c1=O. The minimum absolute atomic E-state index is 0.0216. The van der Waals surface area contributed by atoms with Gasteiger partial charge in [-0.25, -0.2) is 8.42 Å². The molecule has 0 spiro atoms. The number of nitrogens with two attached hydrogens (primary N) is 1. The molecule has 1 aromatic rings. The minimum atomic E-state index is -3.82. The van der Waals surface area contributed by atoms with Crippen molar-refractivity contribution in [2.24, 2.45) is 5.73 Å². The molecule has 1 aromatic heterocycles. The first-order valence-corrected chi connectivity index (χ1v) is 6.98. The number of primary amides is 1. The lowest BCUT2D eigenvalue weighted by Gasteiger charge is -2.14. The molecule has 3 N–H and O–H groups in total. The van der Waals surface area contributed by atoms with Crippen molar-refractivity contribution in [2.75, 3.05) is 6.26 Å². The Kier molecular flexibility index (Phi) is 3.52. The number of sulfone groups is 1. The number of hydrogen-bond donors (Lipinski definition) is 2. The van der Waals surface area contributed by atoms with Gasteiger partial charge in [-0.1, -0.05) is 0 Å². The number of carbonyl (C=O) groups is 1. The average molecular weight is 274 g/mol. The van der Waals surface area contributed by atoms with Crippen molar-refractivity contribution in [3.05, 3.63) is 21.5 Å². The highest BCUT2D eigenvalue weighted by Crippen LogP contribution is 2.23. The van der Waals surface area contributed by atoms with Crippen molar-refractivity contribution in [3.8, 4) is 5.88 Å². The number of carbonyl (C=O) groups excluding carboxylic acids is 1. The summed E-state index contributed by atoms with van der Waals surface area (Å²) >= 11 is 0. The topological polar surface area (TPSA) is 119 Å². The number of pyridine rings is 1. The molecule has 1 amide bonds. The van der Waals surface area contributed by atoms with Crippen LogP contribution in [0.2, 0.25) is 0 Å². The van der Waals surface area contributed by atoms with Crippen LogP contribution in [-0.4, -0.2) is 30.3 Å². The molecule has 18 heavy (non-hydrogen) atoms. The van der Waals surface area contributed by atoms with Gasteiger partial charge in [-0.2, -0.15) is 0 Å². The Morgan fingerprint density at radius 3 is 2.28 bits per heavy atom. The van der Waals surface area contributed by atoms with E-state index in [-0.39, 0.29) is 17.7 Å². The second-order valence-electron chi connectivity index (χ2n) is 3.84. The fourth-order valence-corrected chi connectivity index (χ4v) is 2.91. The number of rotatable bonds is 3. The Balaban J connectivity index is 4.04. The van der Waals surface area contributed by atoms with Gasteiger partial charge in [-0.3, -0.25) is 14.2 Å². The molecular weight excluding hydrogens is 260 g/mol. The zero-order valence-corrected chi connectivity index (χ0v) is 11.0. The molecule has 0 fully saturated rings. The first-order valence-electron chi connectivity index (χ1n) is 5.09. The first-order chi connectivity index (χ1) is 8.12. The predicted octanol–water partition coefficient (Wildman–Crippen LogP) is -0.615. The molecule has 0 aliphatic heterocycles. The predicted molar refractivity (Wildman–Crippen MR) is 64.4 cm³/mol. The maximum Gasteiger partial charge on any atom is 0.272 e. The van der Waals surface area contributed by atoms with Crippen molar-refractivity contribution in [1.82, 2.24) is 4.57 Å². The molecule has 1 heterocycles. The molecule has 0 aliphatic carbocycles. The molecule has 0 bridgehead atoms. The lowest BCUT2D eigenvalue weighted by Crippen LogP contribution is -2.30. The molecule has 100 valence electrons. The maximum absolute atomic E-state index is 11.9. The van der Waals surface area contributed by atoms with Crippen molar-refractivity contribution in [2.45, 2.75) is 25.3 Å². The van der Waals surface area contributed by atoms with Gasteiger partial charge in [0.2, 0.25) is 5.88 Å². The van der Waals surface area contributed by atoms with E-state index in [0.717, 1.165) is 10.8 Å². The number of hydrogen-bond acceptors (Lipinski definition) is 5. The van der Waals surface area contributed by atoms with E-state index in [1.807, 2.05) is 0 Å². The molecule has 0 unspecified atom stereocenters. The summed E-state index contributed by atoms with van der Waals surface area (Å²) in [6.07, 6.45) is 0.860. The van der Waals surface area contributed by atoms with Crippen molar-refractivity contribution < 1.29 is 18.3 Å². The standard InChI is InChI=1S/C10H14N2O5S/c1-4-12-9(14)6(8(11)13)5(2)7(10(12)15)18(3,16)17/h14H,4H2,1-3H3,(H2,11,13). The highest BCUT2D eigenvalue weighted by atomic mass is 32.2. The first kappa shape index (κ1) is 14.2. The van der Waals surface area contributed by atoms with E-state index in [4.69, 9.17) is 5.73 Å². The van der Waals surface area contributed by atoms with E-state index < -0.39 is 32.1 Å². The van der Waals surface area contributed by atoms with Crippen LogP contribution in [0.5, 0.6) is 5.88 Å². The van der Waals surface area contributed by atoms with Crippen LogP contribution in [0.1, 0.15) is 22.8 Å². The van der Waals surface area contributed by atoms with Gasteiger partial charge in [0.05, 0.1) is 0 Å². The largest absolute Gasteiger partial charge is 0.494 e. The third-order valence-corrected chi connectivity index (χ3v) is 3.79. The van der Waals surface area contributed by atoms with Crippen LogP contribution < -0.4 is 11.3 Å². The van der Waals surface area contributed by atoms with E-state index in [0.29, 0.717) is 0 Å². The quantitative estimate of drug-likeness (QED) is 0.761. The third-order valence-electron chi connectivity index (χ3n) is 2.57. The highest BCUT2D eigenvalue weighted by Gasteiger charge is 2.26. The molecule has 0 saturated heterocycles. The summed E-state index contributed by atoms with van der Waals surface area (Å²) in [5, 5.41) is 9.78. The van der Waals surface area contributed by atoms with Gasteiger partial charge in [-0.05, 0) is 19.4 Å². The van der Waals surface area contributed by atoms with E-state index in [1.54, 1.807) is 0 Å². The van der Waals surface area contributed by atoms with Crippen LogP contribution in [0.15, 0.2) is 9.69 Å². The van der Waals surface area contributed by atoms with Crippen LogP contribution in [-0.2, 0) is 16.4 Å². The summed E-state index contributed by atoms with van der Waals surface area (Å²) in [4.78, 5) is 22.7. The summed E-state index contributed by atoms with van der Waals surface area (Å²) < 4.78 is 24.0. The highest BCUT2D eigenvalue weighted by molar-refractivity contribution is 7.90. The second kappa shape index (κ2) is 4.45. The number of nitrogens with zero attached hydrogens (tertiary/aromatic N) is 1. The van der Waals surface area contributed by atoms with Crippen LogP contribution in [0, 0.1) is 6.92 Å². The summed E-state index contributed by atoms with van der Waals surface area (Å²) in [5.74, 6) is -1.60. The van der Waals surface area contributed by atoms with Gasteiger partial charge < -0.3 is 10.8 Å². The van der Waals surface area contributed by atoms with E-state index in [2.05, 4.69) is 0 Å². The van der Waals surface area contributed by atoms with Gasteiger partial charge >= 0.3 is 0 Å². The second-order valence-corrected chi connectivity index (χ2v) is 5.79. The normalized spacial score (nSPS) is 11.5. The Labute approximate surface area is 104 Å². The summed E-state index contributed by atoms with van der Waals surface area (Å²) in [6.45, 7) is 2.82. The van der Waals surface area contributed by atoms with Gasteiger partial charge in [-0.15, -0.1) is 0 Å². The molecule has 8 heteroatoms. The van der Waals surface area contributed by atoms with E-state index >= 15 is 0 Å². The zero-order valence-electron chi connectivity index (χ0n) is 10.2. The summed E-state index contributed by atoms with van der Waals surface area (Å²) in [7, 11) is -3.82. The fraction of sp³-hybridized carbons (Fsp3) is 0.400. The minimum Gasteiger partial charge on any atom is -0.494 e. The molecule has 0 radical (unpaired) electrons. The third kappa shape index (κ3) is 2.10. The van der Waals surface area contributed by atoms with Crippen LogP contribution in [0.25, 0.3) is 0 Å². The van der Waals surface area contributed by atoms with Gasteiger partial charge in [0.1, 0.15) is 10.5 Å². The molecule has 0 saturated carbocycles. The molecule has 0 atom stereocenters. The Hall–Kier alpha value is -1.83. The van der Waals surface area contributed by atoms with Gasteiger partial charge in [0.15, 0.2) is 9.84 Å². The Morgan fingerprint density at radius 1 is 1.44 bits per heavy atom. The van der Waals surface area contributed by atoms with Gasteiger partial charge in [0.25, 0.3) is 11.5 Å². The molecule has 0 aromatic carbocycles. The maximum atomic E-state index is 11.9. The van der Waals surface area contributed by atoms with E-state index in [1.165, 1.54) is 13.8 Å².